The van der Waals surface area contributed by atoms with Crippen LogP contribution < -0.4 is 5.73 Å². The van der Waals surface area contributed by atoms with Crippen molar-refractivity contribution in [3.63, 3.8) is 0 Å². The first-order valence-electron chi connectivity index (χ1n) is 6.54. The van der Waals surface area contributed by atoms with E-state index < -0.39 is 0 Å². The van der Waals surface area contributed by atoms with Gasteiger partial charge in [-0.15, -0.1) is 0 Å². The molecule has 3 rings (SSSR count). The molecule has 1 fully saturated rings. The van der Waals surface area contributed by atoms with Crippen molar-refractivity contribution >= 4 is 21.7 Å². The van der Waals surface area contributed by atoms with Crippen LogP contribution in [0.15, 0.2) is 34.8 Å². The van der Waals surface area contributed by atoms with Crippen molar-refractivity contribution < 1.29 is 4.74 Å². The van der Waals surface area contributed by atoms with Crippen molar-refractivity contribution in [2.24, 2.45) is 0 Å². The van der Waals surface area contributed by atoms with Crippen LogP contribution in [0, 0.1) is 0 Å². The van der Waals surface area contributed by atoms with Gasteiger partial charge >= 0.3 is 0 Å². The van der Waals surface area contributed by atoms with E-state index in [1.54, 1.807) is 7.11 Å². The van der Waals surface area contributed by atoms with Gasteiger partial charge in [0, 0.05) is 7.11 Å². The lowest BCUT2D eigenvalue weighted by Crippen LogP contribution is -2.16. The fourth-order valence-corrected chi connectivity index (χ4v) is 2.77. The molecular weight excluding hydrogens is 318 g/mol. The van der Waals surface area contributed by atoms with Crippen molar-refractivity contribution in [2.45, 2.75) is 24.9 Å². The maximum atomic E-state index is 6.00. The first kappa shape index (κ1) is 13.5. The molecule has 0 radical (unpaired) electrons. The van der Waals surface area contributed by atoms with Gasteiger partial charge in [-0.3, -0.25) is 0 Å². The molecule has 0 unspecified atom stereocenters. The normalized spacial score (nSPS) is 16.1. The third-order valence-electron chi connectivity index (χ3n) is 3.73. The number of benzene rings is 1. The summed E-state index contributed by atoms with van der Waals surface area (Å²) in [5.41, 5.74) is 7.99. The van der Waals surface area contributed by atoms with E-state index >= 15 is 0 Å². The summed E-state index contributed by atoms with van der Waals surface area (Å²) < 4.78 is 5.91. The molecule has 1 saturated carbocycles. The number of nitrogen functional groups attached to an aromatic ring is 1. The Morgan fingerprint density at radius 2 is 1.95 bits per heavy atom. The Kier molecular flexibility index (Phi) is 3.48. The Labute approximate surface area is 126 Å². The van der Waals surface area contributed by atoms with Crippen LogP contribution in [0.1, 0.15) is 29.9 Å². The highest BCUT2D eigenvalue weighted by Gasteiger charge is 2.49. The van der Waals surface area contributed by atoms with Crippen molar-refractivity contribution in [1.29, 1.82) is 0 Å². The van der Waals surface area contributed by atoms with E-state index in [9.17, 15) is 0 Å². The van der Waals surface area contributed by atoms with Gasteiger partial charge < -0.3 is 10.5 Å². The van der Waals surface area contributed by atoms with Crippen molar-refractivity contribution in [1.82, 2.24) is 9.97 Å². The lowest BCUT2D eigenvalue weighted by Gasteiger charge is -2.16. The number of hydrogen-bond acceptors (Lipinski definition) is 4. The molecule has 1 aliphatic rings. The minimum atomic E-state index is -0.0709. The van der Waals surface area contributed by atoms with Crippen molar-refractivity contribution in [3.8, 4) is 0 Å². The molecular formula is C15H16BrN3O. The first-order valence-corrected chi connectivity index (χ1v) is 7.33. The average Bonchev–Trinajstić information content (AvgIpc) is 3.26. The van der Waals surface area contributed by atoms with Gasteiger partial charge in [-0.05, 0) is 34.3 Å². The Hall–Kier alpha value is -1.46. The van der Waals surface area contributed by atoms with Crippen LogP contribution in [0.5, 0.6) is 0 Å². The predicted octanol–water partition coefficient (Wildman–Crippen LogP) is 3.05. The summed E-state index contributed by atoms with van der Waals surface area (Å²) in [6, 6.07) is 10.4. The van der Waals surface area contributed by atoms with E-state index in [0.29, 0.717) is 12.4 Å². The number of anilines is 1. The second-order valence-corrected chi connectivity index (χ2v) is 5.87. The first-order chi connectivity index (χ1) is 9.67. The van der Waals surface area contributed by atoms with Crippen LogP contribution in [0.4, 0.5) is 5.82 Å². The molecule has 0 spiro atoms. The molecule has 0 saturated heterocycles. The van der Waals surface area contributed by atoms with Gasteiger partial charge in [0.1, 0.15) is 11.6 Å². The summed E-state index contributed by atoms with van der Waals surface area (Å²) in [7, 11) is 1.65. The largest absolute Gasteiger partial charge is 0.383 e. The van der Waals surface area contributed by atoms with Crippen LogP contribution in [0.3, 0.4) is 0 Å². The van der Waals surface area contributed by atoms with Gasteiger partial charge in [0.25, 0.3) is 0 Å². The molecule has 4 nitrogen and oxygen atoms in total. The van der Waals surface area contributed by atoms with Crippen LogP contribution in [0.25, 0.3) is 0 Å². The third-order valence-corrected chi connectivity index (χ3v) is 4.59. The van der Waals surface area contributed by atoms with Gasteiger partial charge in [-0.2, -0.15) is 0 Å². The van der Waals surface area contributed by atoms with Gasteiger partial charge in [0.2, 0.25) is 0 Å². The fourth-order valence-electron chi connectivity index (χ4n) is 2.48. The summed E-state index contributed by atoms with van der Waals surface area (Å²) in [6.07, 6.45) is 2.12. The monoisotopic (exact) mass is 333 g/mol. The molecule has 1 heterocycles. The van der Waals surface area contributed by atoms with Crippen LogP contribution in [-0.4, -0.2) is 17.1 Å². The Morgan fingerprint density at radius 1 is 1.25 bits per heavy atom. The number of nitrogens with zero attached hydrogens (tertiary/aromatic N) is 2. The van der Waals surface area contributed by atoms with E-state index in [-0.39, 0.29) is 5.41 Å². The average molecular weight is 334 g/mol. The second-order valence-electron chi connectivity index (χ2n) is 5.07. The highest BCUT2D eigenvalue weighted by Crippen LogP contribution is 2.52. The maximum absolute atomic E-state index is 6.00. The number of ether oxygens (including phenoxy) is 1. The summed E-state index contributed by atoms with van der Waals surface area (Å²) in [4.78, 5) is 9.16. The standard InChI is InChI=1S/C15H16BrN3O/c1-20-9-11-12(16)13(17)19-14(18-11)15(7-8-15)10-5-3-2-4-6-10/h2-6H,7-9H2,1H3,(H2,17,18,19). The van der Waals surface area contributed by atoms with E-state index in [0.717, 1.165) is 28.8 Å². The molecule has 0 amide bonds. The molecule has 0 aliphatic heterocycles. The zero-order chi connectivity index (χ0) is 14.2. The molecule has 2 N–H and O–H groups in total. The minimum absolute atomic E-state index is 0.0709. The third kappa shape index (κ3) is 2.21. The number of rotatable bonds is 4. The lowest BCUT2D eigenvalue weighted by atomic mass is 9.95. The summed E-state index contributed by atoms with van der Waals surface area (Å²) in [6.45, 7) is 0.422. The van der Waals surface area contributed by atoms with E-state index in [2.05, 4.69) is 38.0 Å². The zero-order valence-corrected chi connectivity index (χ0v) is 12.9. The summed E-state index contributed by atoms with van der Waals surface area (Å²) in [5.74, 6) is 1.28. The maximum Gasteiger partial charge on any atom is 0.141 e. The smallest absolute Gasteiger partial charge is 0.141 e. The van der Waals surface area contributed by atoms with E-state index in [1.165, 1.54) is 5.56 Å². The van der Waals surface area contributed by atoms with Crippen molar-refractivity contribution in [3.05, 3.63) is 51.9 Å². The molecule has 1 aliphatic carbocycles. The number of methoxy groups -OCH3 is 1. The molecule has 1 aromatic heterocycles. The highest BCUT2D eigenvalue weighted by atomic mass is 79.9. The van der Waals surface area contributed by atoms with Gasteiger partial charge in [-0.1, -0.05) is 30.3 Å². The van der Waals surface area contributed by atoms with Crippen LogP contribution in [-0.2, 0) is 16.8 Å². The molecule has 20 heavy (non-hydrogen) atoms. The van der Waals surface area contributed by atoms with Gasteiger partial charge in [-0.25, -0.2) is 9.97 Å². The van der Waals surface area contributed by atoms with Gasteiger partial charge in [0.15, 0.2) is 0 Å². The predicted molar refractivity (Wildman–Crippen MR) is 81.3 cm³/mol. The molecule has 0 bridgehead atoms. The van der Waals surface area contributed by atoms with E-state index in [1.807, 2.05) is 18.2 Å². The molecule has 1 aromatic carbocycles. The Bertz CT molecular complexity index is 627. The molecule has 2 aromatic rings. The number of halogens is 1. The number of hydrogen-bond donors (Lipinski definition) is 1. The molecule has 5 heteroatoms. The lowest BCUT2D eigenvalue weighted by molar-refractivity contribution is 0.180. The SMILES string of the molecule is COCc1nc(C2(c3ccccc3)CC2)nc(N)c1Br. The Morgan fingerprint density at radius 3 is 2.55 bits per heavy atom. The summed E-state index contributed by atoms with van der Waals surface area (Å²) in [5, 5.41) is 0. The van der Waals surface area contributed by atoms with Crippen LogP contribution >= 0.6 is 15.9 Å². The van der Waals surface area contributed by atoms with Crippen LogP contribution in [0.2, 0.25) is 0 Å². The fraction of sp³-hybridized carbons (Fsp3) is 0.333. The van der Waals surface area contributed by atoms with E-state index in [4.69, 9.17) is 10.5 Å². The van der Waals surface area contributed by atoms with Crippen molar-refractivity contribution in [2.75, 3.05) is 12.8 Å². The topological polar surface area (TPSA) is 61.0 Å². The Balaban J connectivity index is 2.07. The number of aromatic nitrogens is 2. The number of nitrogens with two attached hydrogens (primary N) is 1. The zero-order valence-electron chi connectivity index (χ0n) is 11.3. The molecule has 0 atom stereocenters. The second kappa shape index (κ2) is 5.14. The quantitative estimate of drug-likeness (QED) is 0.934. The summed E-state index contributed by atoms with van der Waals surface area (Å²) >= 11 is 3.43. The highest BCUT2D eigenvalue weighted by molar-refractivity contribution is 9.10. The minimum Gasteiger partial charge on any atom is -0.383 e. The molecule has 104 valence electrons. The van der Waals surface area contributed by atoms with Gasteiger partial charge in [0.05, 0.1) is 22.2 Å².